The van der Waals surface area contributed by atoms with Crippen LogP contribution in [0.3, 0.4) is 0 Å². The third-order valence-electron chi connectivity index (χ3n) is 7.78. The SMILES string of the molecule is CC(C)(C)OC(=O)N1CC[C@H](N=[N+]=[N-])C[C@]1(CCCCB1OC(C)(C)C(C)(C)O1)C(=O)OCc1ccccc1. The Labute approximate surface area is 232 Å². The minimum Gasteiger partial charge on any atom is -0.459 e. The molecule has 1 aromatic rings. The van der Waals surface area contributed by atoms with Crippen molar-refractivity contribution < 1.29 is 28.4 Å². The van der Waals surface area contributed by atoms with Gasteiger partial charge in [-0.15, -0.1) is 0 Å². The summed E-state index contributed by atoms with van der Waals surface area (Å²) in [5.41, 5.74) is 7.07. The van der Waals surface area contributed by atoms with Crippen molar-refractivity contribution in [3.05, 3.63) is 46.3 Å². The normalized spacial score (nSPS) is 24.1. The Kier molecular flexibility index (Phi) is 9.62. The van der Waals surface area contributed by atoms with Crippen LogP contribution in [0.25, 0.3) is 10.4 Å². The summed E-state index contributed by atoms with van der Waals surface area (Å²) in [6.07, 6.45) is 2.31. The number of esters is 1. The van der Waals surface area contributed by atoms with Crippen LogP contribution in [0.4, 0.5) is 4.79 Å². The second-order valence-corrected chi connectivity index (χ2v) is 12.5. The first-order valence-corrected chi connectivity index (χ1v) is 13.8. The van der Waals surface area contributed by atoms with Crippen LogP contribution in [-0.4, -0.2) is 59.0 Å². The Bertz CT molecular complexity index is 1040. The number of amides is 1. The summed E-state index contributed by atoms with van der Waals surface area (Å²) >= 11 is 0. The van der Waals surface area contributed by atoms with Gasteiger partial charge >= 0.3 is 19.2 Å². The summed E-state index contributed by atoms with van der Waals surface area (Å²) in [5, 5.41) is 3.93. The zero-order chi connectivity index (χ0) is 28.9. The molecular weight excluding hydrogens is 499 g/mol. The fourth-order valence-electron chi connectivity index (χ4n) is 5.05. The van der Waals surface area contributed by atoms with Crippen molar-refractivity contribution >= 4 is 19.2 Å². The van der Waals surface area contributed by atoms with Gasteiger partial charge in [0.15, 0.2) is 0 Å². The van der Waals surface area contributed by atoms with Gasteiger partial charge in [-0.25, -0.2) is 9.59 Å². The maximum atomic E-state index is 13.9. The first-order valence-electron chi connectivity index (χ1n) is 13.8. The summed E-state index contributed by atoms with van der Waals surface area (Å²) in [6.45, 7) is 13.7. The van der Waals surface area contributed by atoms with Gasteiger partial charge in [0.05, 0.1) is 11.2 Å². The smallest absolute Gasteiger partial charge is 0.457 e. The average molecular weight is 542 g/mol. The molecule has 0 N–H and O–H groups in total. The predicted molar refractivity (Wildman–Crippen MR) is 149 cm³/mol. The first-order chi connectivity index (χ1) is 18.2. The molecule has 0 aliphatic carbocycles. The number of piperidine rings is 1. The number of likely N-dealkylation sites (tertiary alicyclic amines) is 1. The highest BCUT2D eigenvalue weighted by Crippen LogP contribution is 2.40. The number of carbonyl (C=O) groups excluding carboxylic acids is 2. The van der Waals surface area contributed by atoms with Crippen molar-refractivity contribution in [3.63, 3.8) is 0 Å². The summed E-state index contributed by atoms with van der Waals surface area (Å²) in [5.74, 6) is -0.523. The number of benzene rings is 1. The van der Waals surface area contributed by atoms with Crippen LogP contribution < -0.4 is 0 Å². The molecule has 214 valence electrons. The third kappa shape index (κ3) is 7.68. The Morgan fingerprint density at radius 1 is 1.13 bits per heavy atom. The van der Waals surface area contributed by atoms with Gasteiger partial charge in [-0.3, -0.25) is 4.90 Å². The number of nitrogens with zero attached hydrogens (tertiary/aromatic N) is 4. The lowest BCUT2D eigenvalue weighted by Gasteiger charge is -2.47. The van der Waals surface area contributed by atoms with E-state index >= 15 is 0 Å². The van der Waals surface area contributed by atoms with E-state index in [4.69, 9.17) is 24.3 Å². The molecule has 0 saturated carbocycles. The van der Waals surface area contributed by atoms with E-state index in [1.165, 1.54) is 4.90 Å². The molecule has 0 spiro atoms. The molecule has 0 bridgehead atoms. The second kappa shape index (κ2) is 12.2. The van der Waals surface area contributed by atoms with E-state index in [2.05, 4.69) is 10.0 Å². The molecule has 11 heteroatoms. The van der Waals surface area contributed by atoms with Gasteiger partial charge < -0.3 is 18.8 Å². The largest absolute Gasteiger partial charge is 0.459 e. The number of hydrogen-bond acceptors (Lipinski definition) is 7. The minimum absolute atomic E-state index is 0.0731. The van der Waals surface area contributed by atoms with E-state index in [-0.39, 0.29) is 26.7 Å². The molecule has 2 fully saturated rings. The first kappa shape index (κ1) is 30.8. The van der Waals surface area contributed by atoms with E-state index in [1.807, 2.05) is 58.0 Å². The van der Waals surface area contributed by atoms with Crippen molar-refractivity contribution in [2.45, 2.75) is 122 Å². The van der Waals surface area contributed by atoms with E-state index in [9.17, 15) is 9.59 Å². The molecule has 2 aliphatic rings. The Hall–Kier alpha value is -2.75. The number of azide groups is 1. The number of ether oxygens (including phenoxy) is 2. The molecule has 3 rings (SSSR count). The summed E-state index contributed by atoms with van der Waals surface area (Å²) < 4.78 is 23.8. The monoisotopic (exact) mass is 542 g/mol. The van der Waals surface area contributed by atoms with Crippen LogP contribution in [0, 0.1) is 0 Å². The van der Waals surface area contributed by atoms with Crippen molar-refractivity contribution in [1.82, 2.24) is 4.90 Å². The van der Waals surface area contributed by atoms with Crippen LogP contribution in [0.15, 0.2) is 35.4 Å². The molecule has 1 aromatic carbocycles. The van der Waals surface area contributed by atoms with E-state index < -0.39 is 40.4 Å². The number of carbonyl (C=O) groups is 2. The molecule has 2 heterocycles. The third-order valence-corrected chi connectivity index (χ3v) is 7.78. The lowest BCUT2D eigenvalue weighted by Crippen LogP contribution is -2.62. The number of rotatable bonds is 9. The molecule has 0 aromatic heterocycles. The van der Waals surface area contributed by atoms with Gasteiger partial charge in [0.25, 0.3) is 0 Å². The lowest BCUT2D eigenvalue weighted by molar-refractivity contribution is -0.163. The van der Waals surface area contributed by atoms with Gasteiger partial charge in [0, 0.05) is 17.5 Å². The van der Waals surface area contributed by atoms with Gasteiger partial charge in [0.1, 0.15) is 17.7 Å². The highest BCUT2D eigenvalue weighted by Gasteiger charge is 2.53. The Morgan fingerprint density at radius 2 is 1.77 bits per heavy atom. The van der Waals surface area contributed by atoms with Gasteiger partial charge in [-0.05, 0) is 85.1 Å². The summed E-state index contributed by atoms with van der Waals surface area (Å²) in [7, 11) is -0.347. The zero-order valence-electron chi connectivity index (χ0n) is 24.4. The standard InChI is InChI=1S/C28H43BN4O6/c1-25(2,3)37-24(35)33-18-15-22(31-32-30)19-28(33,23(34)36-20-21-13-9-8-10-14-21)16-11-12-17-29-38-26(4,5)27(6,7)39-29/h8-10,13-14,22H,11-12,15-20H2,1-7H3/t22-,28+/m0/s1. The topological polar surface area (TPSA) is 123 Å². The maximum Gasteiger partial charge on any atom is 0.457 e. The molecule has 10 nitrogen and oxygen atoms in total. The van der Waals surface area contributed by atoms with Gasteiger partial charge in [-0.2, -0.15) is 0 Å². The number of hydrogen-bond donors (Lipinski definition) is 0. The molecule has 2 saturated heterocycles. The van der Waals surface area contributed by atoms with Crippen molar-refractivity contribution in [3.8, 4) is 0 Å². The van der Waals surface area contributed by atoms with Crippen molar-refractivity contribution in [2.24, 2.45) is 5.11 Å². The second-order valence-electron chi connectivity index (χ2n) is 12.5. The minimum atomic E-state index is -1.33. The van der Waals surface area contributed by atoms with Crippen LogP contribution in [0.2, 0.25) is 6.32 Å². The molecule has 2 aliphatic heterocycles. The van der Waals surface area contributed by atoms with Crippen molar-refractivity contribution in [2.75, 3.05) is 6.54 Å². The number of unbranched alkanes of at least 4 members (excludes halogenated alkanes) is 1. The molecule has 2 atom stereocenters. The fraction of sp³-hybridized carbons (Fsp3) is 0.714. The van der Waals surface area contributed by atoms with Crippen molar-refractivity contribution in [1.29, 1.82) is 0 Å². The fourth-order valence-corrected chi connectivity index (χ4v) is 5.05. The summed E-state index contributed by atoms with van der Waals surface area (Å²) in [6, 6.07) is 8.95. The quantitative estimate of drug-likeness (QED) is 0.0883. The molecular formula is C28H43BN4O6. The maximum absolute atomic E-state index is 13.9. The lowest BCUT2D eigenvalue weighted by atomic mass is 9.77. The van der Waals surface area contributed by atoms with Crippen LogP contribution in [-0.2, 0) is 30.2 Å². The molecule has 0 unspecified atom stereocenters. The molecule has 0 radical (unpaired) electrons. The molecule has 39 heavy (non-hydrogen) atoms. The van der Waals surface area contributed by atoms with Crippen LogP contribution in [0.5, 0.6) is 0 Å². The van der Waals surface area contributed by atoms with E-state index in [1.54, 1.807) is 20.8 Å². The van der Waals surface area contributed by atoms with Gasteiger partial charge in [0.2, 0.25) is 0 Å². The van der Waals surface area contributed by atoms with Gasteiger partial charge in [-0.1, -0.05) is 48.3 Å². The predicted octanol–water partition coefficient (Wildman–Crippen LogP) is 6.44. The van der Waals surface area contributed by atoms with Crippen LogP contribution in [0.1, 0.15) is 86.1 Å². The van der Waals surface area contributed by atoms with Crippen LogP contribution >= 0.6 is 0 Å². The highest BCUT2D eigenvalue weighted by molar-refractivity contribution is 6.45. The zero-order valence-corrected chi connectivity index (χ0v) is 24.4. The summed E-state index contributed by atoms with van der Waals surface area (Å²) in [4.78, 5) is 31.8. The average Bonchev–Trinajstić information content (AvgIpc) is 3.05. The Balaban J connectivity index is 1.82. The highest BCUT2D eigenvalue weighted by atomic mass is 16.7. The Morgan fingerprint density at radius 3 is 2.36 bits per heavy atom. The molecule has 1 amide bonds. The van der Waals surface area contributed by atoms with E-state index in [0.29, 0.717) is 32.0 Å². The van der Waals surface area contributed by atoms with E-state index in [0.717, 1.165) is 5.56 Å².